The number of amides is 1. The highest BCUT2D eigenvalue weighted by Gasteiger charge is 2.26. The number of para-hydroxylation sites is 2. The van der Waals surface area contributed by atoms with Gasteiger partial charge in [0.15, 0.2) is 0 Å². The Labute approximate surface area is 180 Å². The number of ether oxygens (including phenoxy) is 1. The van der Waals surface area contributed by atoms with E-state index in [9.17, 15) is 9.59 Å². The minimum atomic E-state index is -0.819. The topological polar surface area (TPSA) is 113 Å². The normalized spacial score (nSPS) is 13.2. The first kappa shape index (κ1) is 20.7. The second-order valence-corrected chi connectivity index (χ2v) is 7.55. The summed E-state index contributed by atoms with van der Waals surface area (Å²) in [7, 11) is 0. The smallest absolute Gasteiger partial charge is 0.328 e. The zero-order valence-electron chi connectivity index (χ0n) is 17.4. The van der Waals surface area contributed by atoms with Gasteiger partial charge in [0.05, 0.1) is 12.6 Å². The van der Waals surface area contributed by atoms with Crippen LogP contribution >= 0.6 is 0 Å². The van der Waals surface area contributed by atoms with Gasteiger partial charge in [0.1, 0.15) is 6.04 Å². The number of rotatable bonds is 8. The number of fused-ring (bicyclic) bond motifs is 2. The molecule has 31 heavy (non-hydrogen) atoms. The summed E-state index contributed by atoms with van der Waals surface area (Å²) in [5.41, 5.74) is 10.1. The Hall–Kier alpha value is -3.58. The van der Waals surface area contributed by atoms with Gasteiger partial charge >= 0.3 is 5.97 Å². The van der Waals surface area contributed by atoms with Gasteiger partial charge in [-0.2, -0.15) is 0 Å². The molecule has 0 unspecified atom stereocenters. The largest absolute Gasteiger partial charge is 0.464 e. The second-order valence-electron chi connectivity index (χ2n) is 7.55. The molecule has 2 aromatic heterocycles. The van der Waals surface area contributed by atoms with E-state index in [-0.39, 0.29) is 12.5 Å². The number of nitrogens with two attached hydrogens (primary N) is 1. The molecule has 0 saturated heterocycles. The SMILES string of the molecule is CCOC(=O)[C@H](Cc1c[nH]c2ccccc12)NC(=O)[C@@H](N)Cc1c[nH]c2ccccc12. The highest BCUT2D eigenvalue weighted by atomic mass is 16.5. The third-order valence-corrected chi connectivity index (χ3v) is 5.44. The van der Waals surface area contributed by atoms with Gasteiger partial charge in [-0.05, 0) is 36.6 Å². The number of carbonyl (C=O) groups excluding carboxylic acids is 2. The number of esters is 1. The molecule has 2 heterocycles. The lowest BCUT2D eigenvalue weighted by Gasteiger charge is -2.19. The van der Waals surface area contributed by atoms with Gasteiger partial charge in [-0.25, -0.2) is 4.79 Å². The summed E-state index contributed by atoms with van der Waals surface area (Å²) in [4.78, 5) is 31.8. The van der Waals surface area contributed by atoms with Gasteiger partial charge in [0.2, 0.25) is 5.91 Å². The van der Waals surface area contributed by atoms with Crippen molar-refractivity contribution in [1.82, 2.24) is 15.3 Å². The highest BCUT2D eigenvalue weighted by molar-refractivity contribution is 5.90. The van der Waals surface area contributed by atoms with Crippen LogP contribution in [0, 0.1) is 0 Å². The molecule has 160 valence electrons. The zero-order valence-corrected chi connectivity index (χ0v) is 17.4. The first-order chi connectivity index (χ1) is 15.1. The van der Waals surface area contributed by atoms with E-state index in [1.165, 1.54) is 0 Å². The van der Waals surface area contributed by atoms with Crippen LogP contribution < -0.4 is 11.1 Å². The van der Waals surface area contributed by atoms with Gasteiger partial charge in [-0.15, -0.1) is 0 Å². The molecule has 4 aromatic rings. The maximum Gasteiger partial charge on any atom is 0.328 e. The van der Waals surface area contributed by atoms with Gasteiger partial charge in [0.25, 0.3) is 0 Å². The van der Waals surface area contributed by atoms with Crippen molar-refractivity contribution in [2.45, 2.75) is 31.8 Å². The standard InChI is InChI=1S/C24H26N4O3/c1-2-31-24(30)22(12-16-14-27-21-10-6-4-8-18(16)21)28-23(29)19(25)11-15-13-26-20-9-5-3-7-17(15)20/h3-10,13-14,19,22,26-27H,2,11-12,25H2,1H3,(H,28,29)/t19-,22-/m0/s1. The summed E-state index contributed by atoms with van der Waals surface area (Å²) in [6.45, 7) is 1.98. The second kappa shape index (κ2) is 9.06. The summed E-state index contributed by atoms with van der Waals surface area (Å²) >= 11 is 0. The molecular formula is C24H26N4O3. The average molecular weight is 418 g/mol. The number of hydrogen-bond donors (Lipinski definition) is 4. The lowest BCUT2D eigenvalue weighted by atomic mass is 10.0. The molecular weight excluding hydrogens is 392 g/mol. The molecule has 0 fully saturated rings. The number of hydrogen-bond acceptors (Lipinski definition) is 4. The summed E-state index contributed by atoms with van der Waals surface area (Å²) < 4.78 is 5.20. The van der Waals surface area contributed by atoms with Crippen molar-refractivity contribution in [2.75, 3.05) is 6.61 Å². The van der Waals surface area contributed by atoms with E-state index < -0.39 is 18.1 Å². The Balaban J connectivity index is 1.49. The van der Waals surface area contributed by atoms with Crippen molar-refractivity contribution in [2.24, 2.45) is 5.73 Å². The van der Waals surface area contributed by atoms with Crippen LogP contribution in [0.3, 0.4) is 0 Å². The monoisotopic (exact) mass is 418 g/mol. The minimum absolute atomic E-state index is 0.237. The van der Waals surface area contributed by atoms with Crippen molar-refractivity contribution < 1.29 is 14.3 Å². The molecule has 4 rings (SSSR count). The van der Waals surface area contributed by atoms with Gasteiger partial charge in [0, 0.05) is 40.6 Å². The molecule has 7 nitrogen and oxygen atoms in total. The summed E-state index contributed by atoms with van der Waals surface area (Å²) in [6, 6.07) is 14.1. The van der Waals surface area contributed by atoms with E-state index >= 15 is 0 Å². The fraction of sp³-hybridized carbons (Fsp3) is 0.250. The summed E-state index contributed by atoms with van der Waals surface area (Å²) in [5.74, 6) is -0.858. The third-order valence-electron chi connectivity index (χ3n) is 5.44. The van der Waals surface area contributed by atoms with Crippen molar-refractivity contribution in [3.8, 4) is 0 Å². The Morgan fingerprint density at radius 3 is 2.06 bits per heavy atom. The fourth-order valence-corrected chi connectivity index (χ4v) is 3.87. The van der Waals surface area contributed by atoms with E-state index in [2.05, 4.69) is 15.3 Å². The van der Waals surface area contributed by atoms with E-state index in [0.29, 0.717) is 12.8 Å². The van der Waals surface area contributed by atoms with Crippen molar-refractivity contribution >= 4 is 33.7 Å². The third kappa shape index (κ3) is 4.46. The van der Waals surface area contributed by atoms with E-state index in [0.717, 1.165) is 32.9 Å². The molecule has 0 aliphatic rings. The number of aromatic amines is 2. The molecule has 1 amide bonds. The predicted molar refractivity (Wildman–Crippen MR) is 121 cm³/mol. The maximum absolute atomic E-state index is 12.9. The molecule has 0 spiro atoms. The van der Waals surface area contributed by atoms with Crippen LogP contribution in [0.25, 0.3) is 21.8 Å². The quantitative estimate of drug-likeness (QED) is 0.330. The number of carbonyl (C=O) groups is 2. The number of H-pyrrole nitrogens is 2. The first-order valence-electron chi connectivity index (χ1n) is 10.4. The Kier molecular flexibility index (Phi) is 6.04. The summed E-state index contributed by atoms with van der Waals surface area (Å²) in [5, 5.41) is 4.84. The van der Waals surface area contributed by atoms with E-state index in [1.807, 2.05) is 60.9 Å². The van der Waals surface area contributed by atoms with Crippen LogP contribution in [0.15, 0.2) is 60.9 Å². The Morgan fingerprint density at radius 2 is 1.48 bits per heavy atom. The van der Waals surface area contributed by atoms with Crippen LogP contribution in [0.5, 0.6) is 0 Å². The van der Waals surface area contributed by atoms with Gasteiger partial charge in [-0.1, -0.05) is 36.4 Å². The molecule has 0 bridgehead atoms. The van der Waals surface area contributed by atoms with Crippen LogP contribution in [-0.2, 0) is 27.2 Å². The van der Waals surface area contributed by atoms with Gasteiger partial charge in [-0.3, -0.25) is 4.79 Å². The molecule has 0 saturated carbocycles. The molecule has 0 radical (unpaired) electrons. The van der Waals surface area contributed by atoms with Crippen molar-refractivity contribution in [3.63, 3.8) is 0 Å². The van der Waals surface area contributed by atoms with Crippen molar-refractivity contribution in [3.05, 3.63) is 72.1 Å². The maximum atomic E-state index is 12.9. The first-order valence-corrected chi connectivity index (χ1v) is 10.4. The van der Waals surface area contributed by atoms with Crippen molar-refractivity contribution in [1.29, 1.82) is 0 Å². The molecule has 0 aliphatic heterocycles. The lowest BCUT2D eigenvalue weighted by molar-refractivity contribution is -0.147. The highest BCUT2D eigenvalue weighted by Crippen LogP contribution is 2.20. The zero-order chi connectivity index (χ0) is 21.8. The van der Waals surface area contributed by atoms with Gasteiger partial charge < -0.3 is 25.8 Å². The van der Waals surface area contributed by atoms with Crippen LogP contribution in [-0.4, -0.2) is 40.5 Å². The molecule has 2 aromatic carbocycles. The van der Waals surface area contributed by atoms with E-state index in [1.54, 1.807) is 6.92 Å². The fourth-order valence-electron chi connectivity index (χ4n) is 3.87. The summed E-state index contributed by atoms with van der Waals surface area (Å²) in [6.07, 6.45) is 4.40. The minimum Gasteiger partial charge on any atom is -0.464 e. The molecule has 7 heteroatoms. The lowest BCUT2D eigenvalue weighted by Crippen LogP contribution is -2.50. The number of aromatic nitrogens is 2. The van der Waals surface area contributed by atoms with E-state index in [4.69, 9.17) is 10.5 Å². The predicted octanol–water partition coefficient (Wildman–Crippen LogP) is 2.81. The number of benzene rings is 2. The average Bonchev–Trinajstić information content (AvgIpc) is 3.38. The Bertz CT molecular complexity index is 1210. The molecule has 2 atom stereocenters. The molecule has 0 aliphatic carbocycles. The van der Waals surface area contributed by atoms with Crippen LogP contribution in [0.1, 0.15) is 18.1 Å². The van der Waals surface area contributed by atoms with Crippen LogP contribution in [0.2, 0.25) is 0 Å². The Morgan fingerprint density at radius 1 is 0.935 bits per heavy atom. The van der Waals surface area contributed by atoms with Crippen LogP contribution in [0.4, 0.5) is 0 Å². The molecule has 5 N–H and O–H groups in total. The number of nitrogens with one attached hydrogen (secondary N) is 3.